The number of hydrogen-bond donors (Lipinski definition) is 3. The van der Waals surface area contributed by atoms with Gasteiger partial charge in [0, 0.05) is 12.2 Å². The molecule has 2 aliphatic carbocycles. The Hall–Kier alpha value is -1.31. The Kier molecular flexibility index (Phi) is 6.68. The van der Waals surface area contributed by atoms with Crippen molar-refractivity contribution in [2.45, 2.75) is 38.5 Å². The molecular formula is C17H25IN4O. The van der Waals surface area contributed by atoms with E-state index < -0.39 is 0 Å². The zero-order valence-electron chi connectivity index (χ0n) is 13.3. The van der Waals surface area contributed by atoms with Gasteiger partial charge < -0.3 is 16.4 Å². The molecule has 1 saturated carbocycles. The van der Waals surface area contributed by atoms with Crippen molar-refractivity contribution in [2.75, 3.05) is 18.4 Å². The second kappa shape index (κ2) is 8.52. The molecular weight excluding hydrogens is 403 g/mol. The van der Waals surface area contributed by atoms with Gasteiger partial charge in [-0.15, -0.1) is 24.0 Å². The number of carbonyl (C=O) groups excluding carboxylic acids is 1. The number of nitrogens with two attached hydrogens (primary N) is 1. The van der Waals surface area contributed by atoms with Crippen molar-refractivity contribution >= 4 is 41.5 Å². The van der Waals surface area contributed by atoms with E-state index in [-0.39, 0.29) is 36.4 Å². The van der Waals surface area contributed by atoms with Crippen molar-refractivity contribution in [3.8, 4) is 0 Å². The van der Waals surface area contributed by atoms with Crippen molar-refractivity contribution in [1.82, 2.24) is 5.32 Å². The predicted molar refractivity (Wildman–Crippen MR) is 104 cm³/mol. The van der Waals surface area contributed by atoms with Crippen LogP contribution in [0.15, 0.2) is 23.2 Å². The molecule has 0 unspecified atom stereocenters. The Morgan fingerprint density at radius 2 is 2.04 bits per heavy atom. The van der Waals surface area contributed by atoms with Gasteiger partial charge >= 0.3 is 0 Å². The molecule has 0 aromatic heterocycles. The van der Waals surface area contributed by atoms with Crippen LogP contribution < -0.4 is 16.4 Å². The SMILES string of the molecule is I.NC(=NCC(=O)NCC1CC1)Nc1cccc2c1CCCC2. The van der Waals surface area contributed by atoms with Crippen molar-refractivity contribution in [3.05, 3.63) is 29.3 Å². The van der Waals surface area contributed by atoms with E-state index in [4.69, 9.17) is 5.73 Å². The lowest BCUT2D eigenvalue weighted by Gasteiger charge is -2.19. The minimum absolute atomic E-state index is 0. The summed E-state index contributed by atoms with van der Waals surface area (Å²) in [5.74, 6) is 0.923. The largest absolute Gasteiger partial charge is 0.370 e. The Morgan fingerprint density at radius 1 is 1.26 bits per heavy atom. The molecule has 3 rings (SSSR count). The maximum atomic E-state index is 11.7. The smallest absolute Gasteiger partial charge is 0.241 e. The van der Waals surface area contributed by atoms with E-state index in [9.17, 15) is 4.79 Å². The third-order valence-electron chi connectivity index (χ3n) is 4.34. The fourth-order valence-corrected chi connectivity index (χ4v) is 2.87. The maximum Gasteiger partial charge on any atom is 0.241 e. The molecule has 1 amide bonds. The third kappa shape index (κ3) is 5.37. The molecule has 2 aliphatic rings. The molecule has 0 heterocycles. The number of rotatable bonds is 5. The van der Waals surface area contributed by atoms with Gasteiger partial charge in [-0.3, -0.25) is 4.79 Å². The number of amides is 1. The lowest BCUT2D eigenvalue weighted by Crippen LogP contribution is -2.30. The number of carbonyl (C=O) groups is 1. The number of benzene rings is 1. The van der Waals surface area contributed by atoms with Crippen LogP contribution in [0.4, 0.5) is 5.69 Å². The molecule has 6 heteroatoms. The molecule has 0 radical (unpaired) electrons. The van der Waals surface area contributed by atoms with Gasteiger partial charge in [-0.1, -0.05) is 12.1 Å². The van der Waals surface area contributed by atoms with Gasteiger partial charge in [0.2, 0.25) is 5.91 Å². The first-order valence-corrected chi connectivity index (χ1v) is 8.17. The number of guanidine groups is 1. The minimum Gasteiger partial charge on any atom is -0.370 e. The molecule has 5 nitrogen and oxygen atoms in total. The lowest BCUT2D eigenvalue weighted by molar-refractivity contribution is -0.119. The van der Waals surface area contributed by atoms with E-state index >= 15 is 0 Å². The van der Waals surface area contributed by atoms with Crippen LogP contribution in [0.5, 0.6) is 0 Å². The first kappa shape index (κ1) is 18.0. The summed E-state index contributed by atoms with van der Waals surface area (Å²) in [4.78, 5) is 15.8. The number of aryl methyl sites for hydroxylation is 1. The summed E-state index contributed by atoms with van der Waals surface area (Å²) in [7, 11) is 0. The third-order valence-corrected chi connectivity index (χ3v) is 4.34. The molecule has 4 N–H and O–H groups in total. The fourth-order valence-electron chi connectivity index (χ4n) is 2.87. The number of anilines is 1. The van der Waals surface area contributed by atoms with E-state index in [1.807, 2.05) is 12.1 Å². The minimum atomic E-state index is -0.0632. The zero-order valence-corrected chi connectivity index (χ0v) is 15.6. The van der Waals surface area contributed by atoms with Gasteiger partial charge in [0.05, 0.1) is 0 Å². The molecule has 0 aliphatic heterocycles. The van der Waals surface area contributed by atoms with Crippen LogP contribution in [-0.2, 0) is 17.6 Å². The Bertz CT molecular complexity index is 584. The number of nitrogens with one attached hydrogen (secondary N) is 2. The maximum absolute atomic E-state index is 11.7. The average Bonchev–Trinajstić information content (AvgIpc) is 3.36. The first-order chi connectivity index (χ1) is 10.7. The average molecular weight is 428 g/mol. The van der Waals surface area contributed by atoms with Gasteiger partial charge in [-0.25, -0.2) is 4.99 Å². The number of nitrogens with zero attached hydrogens (tertiary/aromatic N) is 1. The number of fused-ring (bicyclic) bond motifs is 1. The van der Waals surface area contributed by atoms with E-state index in [1.54, 1.807) is 0 Å². The highest BCUT2D eigenvalue weighted by atomic mass is 127. The number of halogens is 1. The monoisotopic (exact) mass is 428 g/mol. The van der Waals surface area contributed by atoms with Gasteiger partial charge in [-0.05, 0) is 61.6 Å². The quantitative estimate of drug-likeness (QED) is 0.383. The molecule has 0 saturated heterocycles. The predicted octanol–water partition coefficient (Wildman–Crippen LogP) is 2.44. The summed E-state index contributed by atoms with van der Waals surface area (Å²) in [5, 5.41) is 6.03. The summed E-state index contributed by atoms with van der Waals surface area (Å²) in [6.45, 7) is 0.856. The Morgan fingerprint density at radius 3 is 2.83 bits per heavy atom. The molecule has 126 valence electrons. The molecule has 0 atom stereocenters. The molecule has 1 fully saturated rings. The van der Waals surface area contributed by atoms with Gasteiger partial charge in [-0.2, -0.15) is 0 Å². The van der Waals surface area contributed by atoms with Crippen LogP contribution in [0.3, 0.4) is 0 Å². The van der Waals surface area contributed by atoms with Gasteiger partial charge in [0.1, 0.15) is 6.54 Å². The highest BCUT2D eigenvalue weighted by Gasteiger charge is 2.21. The summed E-state index contributed by atoms with van der Waals surface area (Å²) in [6.07, 6.45) is 7.13. The van der Waals surface area contributed by atoms with Crippen LogP contribution in [0.1, 0.15) is 36.8 Å². The van der Waals surface area contributed by atoms with Crippen LogP contribution in [0.25, 0.3) is 0 Å². The van der Waals surface area contributed by atoms with Crippen molar-refractivity contribution in [1.29, 1.82) is 0 Å². The summed E-state index contributed by atoms with van der Waals surface area (Å²) < 4.78 is 0. The second-order valence-corrected chi connectivity index (χ2v) is 6.22. The summed E-state index contributed by atoms with van der Waals surface area (Å²) in [5.41, 5.74) is 9.67. The van der Waals surface area contributed by atoms with E-state index in [0.29, 0.717) is 11.9 Å². The van der Waals surface area contributed by atoms with Crippen LogP contribution in [-0.4, -0.2) is 25.0 Å². The molecule has 23 heavy (non-hydrogen) atoms. The lowest BCUT2D eigenvalue weighted by atomic mass is 9.90. The summed E-state index contributed by atoms with van der Waals surface area (Å²) >= 11 is 0. The highest BCUT2D eigenvalue weighted by Crippen LogP contribution is 2.28. The van der Waals surface area contributed by atoms with Crippen molar-refractivity contribution in [3.63, 3.8) is 0 Å². The highest BCUT2D eigenvalue weighted by molar-refractivity contribution is 14.0. The van der Waals surface area contributed by atoms with Crippen LogP contribution >= 0.6 is 24.0 Å². The standard InChI is InChI=1S/C17H24N4O.HI/c18-17(20-11-16(22)19-10-12-8-9-12)21-15-7-3-5-13-4-1-2-6-14(13)15;/h3,5,7,12H,1-2,4,6,8-11H2,(H,19,22)(H3,18,20,21);1H. The zero-order chi connectivity index (χ0) is 15.4. The molecule has 0 spiro atoms. The van der Waals surface area contributed by atoms with Gasteiger partial charge in [0.25, 0.3) is 0 Å². The number of hydrogen-bond acceptors (Lipinski definition) is 2. The Balaban J connectivity index is 0.00000192. The molecule has 0 bridgehead atoms. The topological polar surface area (TPSA) is 79.5 Å². The van der Waals surface area contributed by atoms with Crippen molar-refractivity contribution in [2.24, 2.45) is 16.6 Å². The molecule has 1 aromatic rings. The molecule has 1 aromatic carbocycles. The van der Waals surface area contributed by atoms with Crippen molar-refractivity contribution < 1.29 is 4.79 Å². The van der Waals surface area contributed by atoms with Crippen LogP contribution in [0.2, 0.25) is 0 Å². The van der Waals surface area contributed by atoms with E-state index in [0.717, 1.165) is 25.1 Å². The summed E-state index contributed by atoms with van der Waals surface area (Å²) in [6, 6.07) is 6.25. The number of aliphatic imine (C=N–C) groups is 1. The second-order valence-electron chi connectivity index (χ2n) is 6.22. The Labute approximate surface area is 154 Å². The first-order valence-electron chi connectivity index (χ1n) is 8.17. The van der Waals surface area contributed by atoms with E-state index in [1.165, 1.54) is 36.8 Å². The van der Waals surface area contributed by atoms with Gasteiger partial charge in [0.15, 0.2) is 5.96 Å². The fraction of sp³-hybridized carbons (Fsp3) is 0.529. The van der Waals surface area contributed by atoms with E-state index in [2.05, 4.69) is 21.7 Å². The van der Waals surface area contributed by atoms with Crippen LogP contribution in [0, 0.1) is 5.92 Å². The normalized spacial score (nSPS) is 17.0.